The lowest BCUT2D eigenvalue weighted by Crippen LogP contribution is -1.95. The Morgan fingerprint density at radius 3 is 1.73 bits per heavy atom. The predicted octanol–water partition coefficient (Wildman–Crippen LogP) is 14.1. The maximum Gasteiger partial charge on any atom is 0.160 e. The molecule has 262 valence electrons. The summed E-state index contributed by atoms with van der Waals surface area (Å²) in [6.45, 7) is 0. The van der Waals surface area contributed by atoms with Gasteiger partial charge in [0.05, 0.1) is 22.6 Å². The number of benzene rings is 7. The van der Waals surface area contributed by atoms with Crippen LogP contribution < -0.4 is 0 Å². The van der Waals surface area contributed by atoms with Gasteiger partial charge in [0, 0.05) is 64.5 Å². The summed E-state index contributed by atoms with van der Waals surface area (Å²) in [5.41, 5.74) is 12.9. The fourth-order valence-corrected chi connectivity index (χ4v) is 9.21. The van der Waals surface area contributed by atoms with Crippen molar-refractivity contribution in [2.45, 2.75) is 0 Å². The molecule has 0 unspecified atom stereocenters. The van der Waals surface area contributed by atoms with Gasteiger partial charge in [0.25, 0.3) is 0 Å². The smallest absolute Gasteiger partial charge is 0.160 e. The zero-order valence-electron chi connectivity index (χ0n) is 30.1. The summed E-state index contributed by atoms with van der Waals surface area (Å²) in [5, 5.41) is 4.47. The molecule has 11 aromatic rings. The third-order valence-electron chi connectivity index (χ3n) is 10.5. The summed E-state index contributed by atoms with van der Waals surface area (Å²) in [6, 6.07) is 65.3. The van der Waals surface area contributed by atoms with Gasteiger partial charge in [-0.1, -0.05) is 170 Å². The van der Waals surface area contributed by atoms with Crippen molar-refractivity contribution in [3.05, 3.63) is 188 Å². The lowest BCUT2D eigenvalue weighted by molar-refractivity contribution is 0.670. The highest BCUT2D eigenvalue weighted by Gasteiger charge is 2.25. The first-order valence-corrected chi connectivity index (χ1v) is 19.5. The Balaban J connectivity index is 1.16. The maximum atomic E-state index is 6.72. The van der Waals surface area contributed by atoms with E-state index in [1.807, 2.05) is 53.8 Å². The number of pyridine rings is 1. The number of para-hydroxylation sites is 3. The third-order valence-corrected chi connectivity index (χ3v) is 11.8. The summed E-state index contributed by atoms with van der Waals surface area (Å²) in [7, 11) is 0. The largest absolute Gasteiger partial charge is 0.455 e. The van der Waals surface area contributed by atoms with Crippen LogP contribution in [0.25, 0.3) is 110 Å². The van der Waals surface area contributed by atoms with Crippen LogP contribution in [0.5, 0.6) is 0 Å². The normalized spacial score (nSPS) is 11.6. The molecule has 0 amide bonds. The first-order chi connectivity index (χ1) is 27.8. The quantitative estimate of drug-likeness (QED) is 0.171. The van der Waals surface area contributed by atoms with E-state index in [0.29, 0.717) is 5.82 Å². The van der Waals surface area contributed by atoms with E-state index in [1.165, 1.54) is 4.70 Å². The molecule has 0 spiro atoms. The molecule has 11 rings (SSSR count). The van der Waals surface area contributed by atoms with E-state index in [4.69, 9.17) is 19.4 Å². The van der Waals surface area contributed by atoms with E-state index in [9.17, 15) is 0 Å². The minimum Gasteiger partial charge on any atom is -0.455 e. The van der Waals surface area contributed by atoms with Crippen LogP contribution in [0.4, 0.5) is 0 Å². The summed E-state index contributed by atoms with van der Waals surface area (Å²) < 4.78 is 7.92. The molecule has 4 heterocycles. The molecule has 7 aromatic carbocycles. The average molecular weight is 734 g/mol. The Morgan fingerprint density at radius 1 is 0.429 bits per heavy atom. The fraction of sp³-hybridized carbons (Fsp3) is 0. The summed E-state index contributed by atoms with van der Waals surface area (Å²) in [4.78, 5) is 16.6. The van der Waals surface area contributed by atoms with Crippen LogP contribution in [0.15, 0.2) is 192 Å². The monoisotopic (exact) mass is 733 g/mol. The zero-order chi connectivity index (χ0) is 37.0. The van der Waals surface area contributed by atoms with Crippen LogP contribution >= 0.6 is 11.3 Å². The molecule has 4 aromatic heterocycles. The molecule has 4 nitrogen and oxygen atoms in total. The van der Waals surface area contributed by atoms with Gasteiger partial charge in [-0.25, -0.2) is 15.0 Å². The Labute approximate surface area is 327 Å². The molecule has 0 fully saturated rings. The minimum atomic E-state index is 0.699. The van der Waals surface area contributed by atoms with Gasteiger partial charge in [-0.15, -0.1) is 11.3 Å². The highest BCUT2D eigenvalue weighted by Crippen LogP contribution is 2.52. The lowest BCUT2D eigenvalue weighted by Gasteiger charge is -2.12. The van der Waals surface area contributed by atoms with Crippen molar-refractivity contribution in [3.63, 3.8) is 0 Å². The van der Waals surface area contributed by atoms with Crippen molar-refractivity contribution >= 4 is 54.3 Å². The Bertz CT molecular complexity index is 3170. The van der Waals surface area contributed by atoms with E-state index in [0.717, 1.165) is 99.1 Å². The average Bonchev–Trinajstić information content (AvgIpc) is 3.87. The molecule has 0 saturated heterocycles. The molecule has 0 saturated carbocycles. The van der Waals surface area contributed by atoms with Crippen molar-refractivity contribution in [2.24, 2.45) is 0 Å². The van der Waals surface area contributed by atoms with Gasteiger partial charge >= 0.3 is 0 Å². The van der Waals surface area contributed by atoms with E-state index in [-0.39, 0.29) is 0 Å². The van der Waals surface area contributed by atoms with Gasteiger partial charge in [0.1, 0.15) is 11.2 Å². The maximum absolute atomic E-state index is 6.72. The minimum absolute atomic E-state index is 0.699. The second-order valence-electron chi connectivity index (χ2n) is 13.9. The van der Waals surface area contributed by atoms with E-state index in [2.05, 4.69) is 146 Å². The van der Waals surface area contributed by atoms with E-state index in [1.54, 1.807) is 0 Å². The van der Waals surface area contributed by atoms with E-state index < -0.39 is 0 Å². The fourth-order valence-electron chi connectivity index (χ4n) is 7.86. The molecule has 0 N–H and O–H groups in total. The lowest BCUT2D eigenvalue weighted by atomic mass is 9.93. The molecule has 0 aliphatic carbocycles. The van der Waals surface area contributed by atoms with Crippen LogP contribution in [0, 0.1) is 0 Å². The Hall–Kier alpha value is -7.21. The van der Waals surface area contributed by atoms with Crippen LogP contribution in [-0.2, 0) is 0 Å². The standard InChI is InChI=1S/C51H31N3OS/c1-4-15-32(16-5-1)42-31-43(54-51(53-42)36-19-8-3-9-20-36)33-27-29-35(30-28-33)49-45(40-24-14-23-38-37-21-11-13-26-44(37)55-48(38)40)46-47(34-17-6-2-7-18-34)52-41-25-12-10-22-39(41)50(46)56-49/h1-31H. The SMILES string of the molecule is c1ccc(-c2cc(-c3ccc(-c4sc5c(c(-c6ccccc6)nc6ccccc65)c4-c4cccc5c4oc4ccccc45)cc3)nc(-c3ccccc3)n2)cc1. The van der Waals surface area contributed by atoms with Gasteiger partial charge in [-0.2, -0.15) is 0 Å². The first-order valence-electron chi connectivity index (χ1n) is 18.7. The predicted molar refractivity (Wildman–Crippen MR) is 233 cm³/mol. The Morgan fingerprint density at radius 2 is 1.00 bits per heavy atom. The molecular formula is C51H31N3OS. The first kappa shape index (κ1) is 32.2. The van der Waals surface area contributed by atoms with Gasteiger partial charge in [-0.05, 0) is 23.8 Å². The summed E-state index contributed by atoms with van der Waals surface area (Å²) >= 11 is 1.82. The van der Waals surface area contributed by atoms with Crippen molar-refractivity contribution in [1.29, 1.82) is 0 Å². The molecule has 5 heteroatoms. The van der Waals surface area contributed by atoms with Gasteiger partial charge in [0.2, 0.25) is 0 Å². The van der Waals surface area contributed by atoms with Crippen molar-refractivity contribution in [2.75, 3.05) is 0 Å². The molecule has 0 aliphatic rings. The topological polar surface area (TPSA) is 51.8 Å². The molecular weight excluding hydrogens is 703 g/mol. The summed E-state index contributed by atoms with van der Waals surface area (Å²) in [6.07, 6.45) is 0. The molecule has 0 aliphatic heterocycles. The van der Waals surface area contributed by atoms with Crippen molar-refractivity contribution in [3.8, 4) is 66.7 Å². The van der Waals surface area contributed by atoms with Crippen LogP contribution in [0.1, 0.15) is 0 Å². The summed E-state index contributed by atoms with van der Waals surface area (Å²) in [5.74, 6) is 0.699. The number of rotatable bonds is 6. The Kier molecular flexibility index (Phi) is 7.64. The number of nitrogens with zero attached hydrogens (tertiary/aromatic N) is 3. The number of hydrogen-bond donors (Lipinski definition) is 0. The molecule has 0 radical (unpaired) electrons. The molecule has 56 heavy (non-hydrogen) atoms. The van der Waals surface area contributed by atoms with Gasteiger partial charge in [-0.3, -0.25) is 0 Å². The molecule has 0 atom stereocenters. The number of aromatic nitrogens is 3. The number of furan rings is 1. The highest BCUT2D eigenvalue weighted by atomic mass is 32.1. The number of fused-ring (bicyclic) bond motifs is 6. The number of hydrogen-bond acceptors (Lipinski definition) is 5. The molecule has 0 bridgehead atoms. The number of thiophene rings is 1. The van der Waals surface area contributed by atoms with E-state index >= 15 is 0 Å². The van der Waals surface area contributed by atoms with Crippen LogP contribution in [0.2, 0.25) is 0 Å². The second-order valence-corrected chi connectivity index (χ2v) is 14.9. The second kappa shape index (κ2) is 13.3. The van der Waals surface area contributed by atoms with Crippen LogP contribution in [-0.4, -0.2) is 15.0 Å². The zero-order valence-corrected chi connectivity index (χ0v) is 30.9. The van der Waals surface area contributed by atoms with Gasteiger partial charge in [0.15, 0.2) is 5.82 Å². The van der Waals surface area contributed by atoms with Crippen LogP contribution in [0.3, 0.4) is 0 Å². The third kappa shape index (κ3) is 5.40. The highest BCUT2D eigenvalue weighted by molar-refractivity contribution is 7.24. The van der Waals surface area contributed by atoms with Crippen molar-refractivity contribution < 1.29 is 4.42 Å². The van der Waals surface area contributed by atoms with Gasteiger partial charge < -0.3 is 4.42 Å². The van der Waals surface area contributed by atoms with Crippen molar-refractivity contribution in [1.82, 2.24) is 15.0 Å².